The van der Waals surface area contributed by atoms with Gasteiger partial charge < -0.3 is 10.6 Å². The summed E-state index contributed by atoms with van der Waals surface area (Å²) in [4.78, 5) is 21.0. The number of piperidine rings is 1. The summed E-state index contributed by atoms with van der Waals surface area (Å²) in [5.74, 6) is 0.976. The van der Waals surface area contributed by atoms with Gasteiger partial charge in [-0.05, 0) is 54.2 Å². The van der Waals surface area contributed by atoms with Crippen molar-refractivity contribution < 1.29 is 17.9 Å². The SMILES string of the molecule is CC1(C)C(=O)Nc2cc(NC3=N[N+]4(N5CCC(S(N)(=O)=O)CC5)C=CN=CC4=N3)ccc21. The van der Waals surface area contributed by atoms with Crippen molar-refractivity contribution in [2.75, 3.05) is 23.7 Å². The summed E-state index contributed by atoms with van der Waals surface area (Å²) in [6.07, 6.45) is 5.97. The molecule has 4 aliphatic heterocycles. The van der Waals surface area contributed by atoms with E-state index in [2.05, 4.69) is 20.6 Å². The number of rotatable bonds is 3. The van der Waals surface area contributed by atoms with E-state index in [-0.39, 0.29) is 10.6 Å². The Kier molecular flexibility index (Phi) is 4.60. The van der Waals surface area contributed by atoms with Gasteiger partial charge in [0.05, 0.1) is 30.0 Å². The van der Waals surface area contributed by atoms with Crippen molar-refractivity contribution in [1.29, 1.82) is 0 Å². The van der Waals surface area contributed by atoms with Gasteiger partial charge in [-0.2, -0.15) is 0 Å². The molecule has 1 fully saturated rings. The molecule has 0 aromatic heterocycles. The van der Waals surface area contributed by atoms with Gasteiger partial charge in [0, 0.05) is 11.4 Å². The fraction of sp³-hybridized carbons (Fsp3) is 0.400. The Labute approximate surface area is 186 Å². The number of nitrogens with zero attached hydrogens (tertiary/aromatic N) is 5. The van der Waals surface area contributed by atoms with E-state index in [0.29, 0.717) is 37.7 Å². The smallest absolute Gasteiger partial charge is 0.301 e. The Morgan fingerprint density at radius 3 is 2.75 bits per heavy atom. The van der Waals surface area contributed by atoms with E-state index in [1.165, 1.54) is 0 Å². The monoisotopic (exact) mass is 457 g/mol. The first-order valence-corrected chi connectivity index (χ1v) is 12.0. The first-order chi connectivity index (χ1) is 15.1. The van der Waals surface area contributed by atoms with Crippen LogP contribution in [0.15, 0.2) is 45.7 Å². The zero-order valence-corrected chi connectivity index (χ0v) is 18.6. The number of hydrogen-bond acceptors (Lipinski definition) is 8. The molecule has 5 rings (SSSR count). The van der Waals surface area contributed by atoms with Crippen LogP contribution < -0.4 is 15.8 Å². The predicted octanol–water partition coefficient (Wildman–Crippen LogP) is 1.05. The minimum atomic E-state index is -3.56. The third-order valence-electron chi connectivity index (χ3n) is 6.43. The quantitative estimate of drug-likeness (QED) is 0.582. The summed E-state index contributed by atoms with van der Waals surface area (Å²) in [7, 11) is -3.56. The lowest BCUT2D eigenvalue weighted by Crippen LogP contribution is -2.59. The highest BCUT2D eigenvalue weighted by molar-refractivity contribution is 7.89. The van der Waals surface area contributed by atoms with Gasteiger partial charge in [0.25, 0.3) is 5.96 Å². The van der Waals surface area contributed by atoms with Gasteiger partial charge in [-0.25, -0.2) is 13.6 Å². The highest BCUT2D eigenvalue weighted by Crippen LogP contribution is 2.39. The molecular weight excluding hydrogens is 432 g/mol. The minimum absolute atomic E-state index is 0.00210. The molecular formula is C20H25N8O3S+. The lowest BCUT2D eigenvalue weighted by molar-refractivity contribution is -0.918. The highest BCUT2D eigenvalue weighted by atomic mass is 32.2. The van der Waals surface area contributed by atoms with Crippen molar-refractivity contribution in [3.8, 4) is 0 Å². The van der Waals surface area contributed by atoms with Crippen LogP contribution in [-0.4, -0.2) is 60.4 Å². The van der Waals surface area contributed by atoms with E-state index in [4.69, 9.17) is 10.2 Å². The molecule has 1 atom stereocenters. The van der Waals surface area contributed by atoms with Crippen molar-refractivity contribution in [3.05, 3.63) is 36.2 Å². The Bertz CT molecular complexity index is 1230. The Hall–Kier alpha value is -2.93. The molecule has 32 heavy (non-hydrogen) atoms. The molecule has 1 amide bonds. The van der Waals surface area contributed by atoms with Crippen molar-refractivity contribution in [2.45, 2.75) is 37.4 Å². The van der Waals surface area contributed by atoms with Crippen LogP contribution in [0.25, 0.3) is 0 Å². The molecule has 1 saturated heterocycles. The summed E-state index contributed by atoms with van der Waals surface area (Å²) in [6, 6.07) is 5.69. The number of carbonyl (C=O) groups excluding carboxylic acids is 1. The van der Waals surface area contributed by atoms with Gasteiger partial charge in [0.2, 0.25) is 15.9 Å². The third kappa shape index (κ3) is 3.26. The lowest BCUT2D eigenvalue weighted by atomic mass is 9.86. The molecule has 4 heterocycles. The lowest BCUT2D eigenvalue weighted by Gasteiger charge is -2.38. The fourth-order valence-corrected chi connectivity index (χ4v) is 5.36. The highest BCUT2D eigenvalue weighted by Gasteiger charge is 2.48. The van der Waals surface area contributed by atoms with Gasteiger partial charge in [-0.3, -0.25) is 9.79 Å². The van der Waals surface area contributed by atoms with Crippen LogP contribution in [0.2, 0.25) is 0 Å². The second-order valence-corrected chi connectivity index (χ2v) is 10.7. The van der Waals surface area contributed by atoms with Gasteiger partial charge in [0.15, 0.2) is 6.20 Å². The maximum atomic E-state index is 12.2. The molecule has 0 aliphatic carbocycles. The summed E-state index contributed by atoms with van der Waals surface area (Å²) in [5, 5.41) is 17.8. The number of aliphatic imine (C=N–C) groups is 2. The maximum absolute atomic E-state index is 12.2. The Morgan fingerprint density at radius 1 is 1.28 bits per heavy atom. The number of primary sulfonamides is 1. The average Bonchev–Trinajstić information content (AvgIpc) is 3.22. The third-order valence-corrected chi connectivity index (χ3v) is 7.84. The molecule has 0 saturated carbocycles. The van der Waals surface area contributed by atoms with E-state index in [0.717, 1.165) is 16.9 Å². The van der Waals surface area contributed by atoms with Gasteiger partial charge in [-0.1, -0.05) is 6.07 Å². The molecule has 1 aromatic carbocycles. The molecule has 11 nitrogen and oxygen atoms in total. The zero-order chi connectivity index (χ0) is 22.7. The van der Waals surface area contributed by atoms with Crippen LogP contribution in [0.5, 0.6) is 0 Å². The summed E-state index contributed by atoms with van der Waals surface area (Å²) in [6.45, 7) is 4.78. The minimum Gasteiger partial charge on any atom is -0.325 e. The molecule has 12 heteroatoms. The van der Waals surface area contributed by atoms with Gasteiger partial charge in [0.1, 0.15) is 6.21 Å². The number of benzene rings is 1. The molecule has 0 bridgehead atoms. The standard InChI is InChI=1S/C20H24N8O3S/c1-20(2)15-4-3-13(11-16(15)24-18(20)29)23-19-25-17-12-22-7-10-28(17,26-19)27-8-5-14(6-9-27)32(21,30)31/h3-4,7,10-12,14H,5-6,8-9H2,1-2H3,(H3-,21,23,24,26,29,30,31)/p+1. The zero-order valence-electron chi connectivity index (χ0n) is 17.8. The van der Waals surface area contributed by atoms with Crippen molar-refractivity contribution in [3.63, 3.8) is 0 Å². The van der Waals surface area contributed by atoms with Crippen LogP contribution in [0, 0.1) is 0 Å². The van der Waals surface area contributed by atoms with Crippen LogP contribution >= 0.6 is 0 Å². The number of anilines is 2. The summed E-state index contributed by atoms with van der Waals surface area (Å²) >= 11 is 0. The van der Waals surface area contributed by atoms with Crippen molar-refractivity contribution >= 4 is 45.3 Å². The molecule has 4 N–H and O–H groups in total. The number of nitrogens with one attached hydrogen (secondary N) is 2. The topological polar surface area (TPSA) is 142 Å². The van der Waals surface area contributed by atoms with Crippen LogP contribution in [0.4, 0.5) is 11.4 Å². The molecule has 168 valence electrons. The summed E-state index contributed by atoms with van der Waals surface area (Å²) < 4.78 is 23.4. The first-order valence-electron chi connectivity index (χ1n) is 10.4. The number of nitrogens with two attached hydrogens (primary N) is 1. The van der Waals surface area contributed by atoms with E-state index < -0.39 is 20.7 Å². The van der Waals surface area contributed by atoms with Crippen molar-refractivity contribution in [1.82, 2.24) is 5.01 Å². The molecule has 0 radical (unpaired) electrons. The Morgan fingerprint density at radius 2 is 2.03 bits per heavy atom. The molecule has 0 spiro atoms. The normalized spacial score (nSPS) is 26.9. The molecule has 1 aromatic rings. The number of sulfonamides is 1. The molecule has 1 unspecified atom stereocenters. The number of amidine groups is 1. The van der Waals surface area contributed by atoms with Crippen LogP contribution in [-0.2, 0) is 20.2 Å². The number of carbonyl (C=O) groups is 1. The first kappa shape index (κ1) is 20.9. The Balaban J connectivity index is 1.40. The van der Waals surface area contributed by atoms with Gasteiger partial charge in [-0.15, -0.1) is 10.0 Å². The number of amides is 1. The van der Waals surface area contributed by atoms with Crippen LogP contribution in [0.3, 0.4) is 0 Å². The second-order valence-electron chi connectivity index (χ2n) is 8.83. The largest absolute Gasteiger partial charge is 0.325 e. The average molecular weight is 458 g/mol. The maximum Gasteiger partial charge on any atom is 0.301 e. The van der Waals surface area contributed by atoms with Crippen molar-refractivity contribution in [2.24, 2.45) is 20.2 Å². The second kappa shape index (κ2) is 7.04. The van der Waals surface area contributed by atoms with Crippen LogP contribution in [0.1, 0.15) is 32.3 Å². The van der Waals surface area contributed by atoms with E-state index >= 15 is 0 Å². The number of hydrogen-bond donors (Lipinski definition) is 3. The van der Waals surface area contributed by atoms with Gasteiger partial charge >= 0.3 is 5.84 Å². The molecule has 4 aliphatic rings. The number of quaternary nitrogens is 1. The summed E-state index contributed by atoms with van der Waals surface area (Å²) in [5.41, 5.74) is 1.89. The van der Waals surface area contributed by atoms with E-state index in [9.17, 15) is 13.2 Å². The van der Waals surface area contributed by atoms with E-state index in [1.807, 2.05) is 43.3 Å². The number of guanidine groups is 1. The number of fused-ring (bicyclic) bond motifs is 2. The fourth-order valence-electron chi connectivity index (χ4n) is 4.50. The predicted molar refractivity (Wildman–Crippen MR) is 122 cm³/mol. The van der Waals surface area contributed by atoms with E-state index in [1.54, 1.807) is 12.4 Å².